The number of hydrogen-bond donors (Lipinski definition) is 0. The van der Waals surface area contributed by atoms with Crippen molar-refractivity contribution in [3.63, 3.8) is 0 Å². The molecule has 2 fully saturated rings. The molecule has 1 aliphatic carbocycles. The molecule has 0 N–H and O–H groups in total. The van der Waals surface area contributed by atoms with Crippen LogP contribution in [-0.4, -0.2) is 69.6 Å². The standard InChI is InChI=1S/C24H29FN4OS.C3H8/c1-18-5-8-20(25)17-23(18)19-6-9-22(10-7-19)31(30)29-12-11-26-24(29)28-15-13-27(14-16-28)21-3-2-4-21;1-3-2/h5-10,17,21H,2-4,11-16H2,1H3;3H2,1-2H3. The second kappa shape index (κ2) is 11.5. The lowest BCUT2D eigenvalue weighted by atomic mass is 9.91. The van der Waals surface area contributed by atoms with Gasteiger partial charge in [-0.3, -0.25) is 14.2 Å². The van der Waals surface area contributed by atoms with E-state index < -0.39 is 11.0 Å². The first-order valence-electron chi connectivity index (χ1n) is 12.6. The molecule has 7 heteroatoms. The van der Waals surface area contributed by atoms with Crippen molar-refractivity contribution in [3.05, 3.63) is 53.8 Å². The Morgan fingerprint density at radius 3 is 2.29 bits per heavy atom. The van der Waals surface area contributed by atoms with Crippen LogP contribution in [-0.2, 0) is 11.0 Å². The third-order valence-electron chi connectivity index (χ3n) is 6.73. The first kappa shape index (κ1) is 24.9. The van der Waals surface area contributed by atoms with Crippen LogP contribution in [0.2, 0.25) is 0 Å². The molecule has 1 atom stereocenters. The van der Waals surface area contributed by atoms with Crippen molar-refractivity contribution in [3.8, 4) is 11.1 Å². The van der Waals surface area contributed by atoms with Gasteiger partial charge >= 0.3 is 0 Å². The van der Waals surface area contributed by atoms with Gasteiger partial charge in [0, 0.05) is 32.2 Å². The highest BCUT2D eigenvalue weighted by Crippen LogP contribution is 2.28. The molecule has 184 valence electrons. The highest BCUT2D eigenvalue weighted by Gasteiger charge is 2.33. The lowest BCUT2D eigenvalue weighted by Crippen LogP contribution is -2.55. The topological polar surface area (TPSA) is 39.2 Å². The summed E-state index contributed by atoms with van der Waals surface area (Å²) in [6.45, 7) is 11.6. The fourth-order valence-corrected chi connectivity index (χ4v) is 5.85. The summed E-state index contributed by atoms with van der Waals surface area (Å²) in [5, 5.41) is 0. The van der Waals surface area contributed by atoms with Gasteiger partial charge in [0.2, 0.25) is 5.96 Å². The molecule has 0 bridgehead atoms. The minimum absolute atomic E-state index is 0.247. The van der Waals surface area contributed by atoms with Crippen LogP contribution >= 0.6 is 0 Å². The molecule has 2 aromatic carbocycles. The number of hydrogen-bond acceptors (Lipinski definition) is 4. The van der Waals surface area contributed by atoms with E-state index >= 15 is 0 Å². The van der Waals surface area contributed by atoms with Crippen molar-refractivity contribution in [2.24, 2.45) is 4.99 Å². The summed E-state index contributed by atoms with van der Waals surface area (Å²) in [7, 11) is -1.30. The number of piperazine rings is 1. The van der Waals surface area contributed by atoms with Gasteiger partial charge in [-0.05, 0) is 60.7 Å². The van der Waals surface area contributed by atoms with Crippen molar-refractivity contribution in [2.45, 2.75) is 57.4 Å². The third-order valence-corrected chi connectivity index (χ3v) is 8.16. The molecule has 1 unspecified atom stereocenters. The van der Waals surface area contributed by atoms with Gasteiger partial charge in [-0.25, -0.2) is 8.60 Å². The molecule has 1 saturated carbocycles. The number of halogens is 1. The summed E-state index contributed by atoms with van der Waals surface area (Å²) in [4.78, 5) is 10.3. The van der Waals surface area contributed by atoms with Gasteiger partial charge < -0.3 is 4.90 Å². The van der Waals surface area contributed by atoms with Crippen LogP contribution in [0.15, 0.2) is 52.4 Å². The molecule has 0 spiro atoms. The first-order chi connectivity index (χ1) is 16.5. The van der Waals surface area contributed by atoms with E-state index in [1.54, 1.807) is 12.1 Å². The zero-order valence-corrected chi connectivity index (χ0v) is 21.5. The van der Waals surface area contributed by atoms with Crippen LogP contribution < -0.4 is 0 Å². The lowest BCUT2D eigenvalue weighted by Gasteiger charge is -2.44. The SMILES string of the molecule is CCC.Cc1ccc(F)cc1-c1ccc(S(=O)N2CCN=C2N2CCN(C3CCC3)CC2)cc1. The maximum absolute atomic E-state index is 13.7. The molecule has 5 nitrogen and oxygen atoms in total. The smallest absolute Gasteiger partial charge is 0.209 e. The molecule has 2 heterocycles. The van der Waals surface area contributed by atoms with E-state index in [1.807, 2.05) is 35.5 Å². The van der Waals surface area contributed by atoms with Gasteiger partial charge in [0.05, 0.1) is 18.0 Å². The average molecular weight is 485 g/mol. The summed E-state index contributed by atoms with van der Waals surface area (Å²) < 4.78 is 29.0. The quantitative estimate of drug-likeness (QED) is 0.607. The highest BCUT2D eigenvalue weighted by molar-refractivity contribution is 7.83. The predicted octanol–water partition coefficient (Wildman–Crippen LogP) is 5.08. The Hall–Kier alpha value is -2.25. The Labute approximate surface area is 206 Å². The monoisotopic (exact) mass is 484 g/mol. The molecule has 0 aromatic heterocycles. The summed E-state index contributed by atoms with van der Waals surface area (Å²) in [6.07, 6.45) is 5.28. The number of guanidine groups is 1. The normalized spacial score (nSPS) is 19.8. The number of aryl methyl sites for hydroxylation is 1. The number of benzene rings is 2. The van der Waals surface area contributed by atoms with Crippen LogP contribution in [0.5, 0.6) is 0 Å². The largest absolute Gasteiger partial charge is 0.339 e. The van der Waals surface area contributed by atoms with E-state index in [-0.39, 0.29) is 5.82 Å². The van der Waals surface area contributed by atoms with Gasteiger partial charge in [0.15, 0.2) is 11.0 Å². The first-order valence-corrected chi connectivity index (χ1v) is 13.7. The summed E-state index contributed by atoms with van der Waals surface area (Å²) in [5.41, 5.74) is 2.82. The van der Waals surface area contributed by atoms with E-state index in [0.717, 1.165) is 59.8 Å². The second-order valence-corrected chi connectivity index (χ2v) is 10.7. The van der Waals surface area contributed by atoms with E-state index in [2.05, 4.69) is 23.6 Å². The van der Waals surface area contributed by atoms with Gasteiger partial charge in [-0.1, -0.05) is 44.9 Å². The van der Waals surface area contributed by atoms with Gasteiger partial charge in [0.1, 0.15) is 5.82 Å². The van der Waals surface area contributed by atoms with E-state index in [0.29, 0.717) is 13.1 Å². The van der Waals surface area contributed by atoms with Gasteiger partial charge in [-0.15, -0.1) is 0 Å². The van der Waals surface area contributed by atoms with Crippen molar-refractivity contribution < 1.29 is 8.60 Å². The van der Waals surface area contributed by atoms with Gasteiger partial charge in [-0.2, -0.15) is 0 Å². The average Bonchev–Trinajstić information content (AvgIpc) is 3.30. The Morgan fingerprint density at radius 2 is 1.68 bits per heavy atom. The molecule has 2 aliphatic heterocycles. The fourth-order valence-electron chi connectivity index (χ4n) is 4.66. The zero-order valence-electron chi connectivity index (χ0n) is 20.7. The lowest BCUT2D eigenvalue weighted by molar-refractivity contribution is 0.0834. The molecule has 2 aromatic rings. The minimum atomic E-state index is -1.30. The molecule has 0 amide bonds. The van der Waals surface area contributed by atoms with Gasteiger partial charge in [0.25, 0.3) is 0 Å². The molecule has 34 heavy (non-hydrogen) atoms. The van der Waals surface area contributed by atoms with Crippen LogP contribution in [0.3, 0.4) is 0 Å². The van der Waals surface area contributed by atoms with Crippen LogP contribution in [0, 0.1) is 12.7 Å². The van der Waals surface area contributed by atoms with Crippen molar-refractivity contribution in [1.82, 2.24) is 14.1 Å². The second-order valence-electron chi connectivity index (χ2n) is 9.33. The van der Waals surface area contributed by atoms with Crippen LogP contribution in [0.1, 0.15) is 45.1 Å². The Balaban J connectivity index is 0.000000868. The van der Waals surface area contributed by atoms with Crippen LogP contribution in [0.25, 0.3) is 11.1 Å². The molecular weight excluding hydrogens is 447 g/mol. The Kier molecular flexibility index (Phi) is 8.37. The van der Waals surface area contributed by atoms with Crippen molar-refractivity contribution in [2.75, 3.05) is 39.3 Å². The molecule has 0 radical (unpaired) electrons. The Morgan fingerprint density at radius 1 is 1.00 bits per heavy atom. The maximum atomic E-state index is 13.7. The molecule has 1 saturated heterocycles. The van der Waals surface area contributed by atoms with Crippen molar-refractivity contribution >= 4 is 16.9 Å². The van der Waals surface area contributed by atoms with Crippen molar-refractivity contribution in [1.29, 1.82) is 0 Å². The zero-order chi connectivity index (χ0) is 24.1. The summed E-state index contributed by atoms with van der Waals surface area (Å²) in [5.74, 6) is 0.625. The number of nitrogens with zero attached hydrogens (tertiary/aromatic N) is 4. The van der Waals surface area contributed by atoms with E-state index in [4.69, 9.17) is 4.99 Å². The summed E-state index contributed by atoms with van der Waals surface area (Å²) >= 11 is 0. The molecule has 5 rings (SSSR count). The number of rotatable bonds is 4. The molecule has 3 aliphatic rings. The third kappa shape index (κ3) is 5.52. The highest BCUT2D eigenvalue weighted by atomic mass is 32.2. The summed E-state index contributed by atoms with van der Waals surface area (Å²) in [6, 6.07) is 13.2. The van der Waals surface area contributed by atoms with E-state index in [1.165, 1.54) is 31.7 Å². The van der Waals surface area contributed by atoms with Crippen LogP contribution in [0.4, 0.5) is 4.39 Å². The fraction of sp³-hybridized carbons (Fsp3) is 0.519. The number of aliphatic imine (C=N–C) groups is 1. The minimum Gasteiger partial charge on any atom is -0.339 e. The molecular formula is C27H37FN4OS. The Bertz CT molecular complexity index is 1010. The van der Waals surface area contributed by atoms with E-state index in [9.17, 15) is 8.60 Å². The predicted molar refractivity (Wildman–Crippen MR) is 139 cm³/mol. The maximum Gasteiger partial charge on any atom is 0.209 e.